The number of nitrogens with zero attached hydrogens (tertiary/aromatic N) is 3. The van der Waals surface area contributed by atoms with E-state index >= 15 is 0 Å². The number of carbonyl (C=O) groups excluding carboxylic acids is 3. The van der Waals surface area contributed by atoms with Gasteiger partial charge in [-0.25, -0.2) is 0 Å². The molecule has 3 saturated heterocycles. The van der Waals surface area contributed by atoms with Gasteiger partial charge in [0.2, 0.25) is 17.7 Å². The molecule has 0 aromatic heterocycles. The van der Waals surface area contributed by atoms with Gasteiger partial charge in [0, 0.05) is 45.7 Å². The maximum atomic E-state index is 12.8. The summed E-state index contributed by atoms with van der Waals surface area (Å²) < 4.78 is 5.27. The molecule has 0 spiro atoms. The van der Waals surface area contributed by atoms with Gasteiger partial charge in [-0.1, -0.05) is 12.1 Å². The fourth-order valence-electron chi connectivity index (χ4n) is 4.63. The molecule has 3 heterocycles. The number of hydrogen-bond acceptors (Lipinski definition) is 5. The Morgan fingerprint density at radius 2 is 1.82 bits per heavy atom. The van der Waals surface area contributed by atoms with Crippen LogP contribution < -0.4 is 4.74 Å². The van der Waals surface area contributed by atoms with Crippen molar-refractivity contribution in [3.05, 3.63) is 29.8 Å². The third-order valence-corrected chi connectivity index (χ3v) is 6.08. The largest absolute Gasteiger partial charge is 0.497 e. The van der Waals surface area contributed by atoms with Crippen LogP contribution in [0.3, 0.4) is 0 Å². The molecule has 0 aliphatic carbocycles. The fourth-order valence-corrected chi connectivity index (χ4v) is 4.63. The molecule has 7 heteroatoms. The summed E-state index contributed by atoms with van der Waals surface area (Å²) >= 11 is 0. The van der Waals surface area contributed by atoms with E-state index in [4.69, 9.17) is 4.74 Å². The van der Waals surface area contributed by atoms with Gasteiger partial charge in [-0.05, 0) is 30.5 Å². The number of hydrogen-bond donors (Lipinski definition) is 0. The van der Waals surface area contributed by atoms with Crippen molar-refractivity contribution in [1.82, 2.24) is 14.7 Å². The van der Waals surface area contributed by atoms with Gasteiger partial charge in [-0.15, -0.1) is 0 Å². The van der Waals surface area contributed by atoms with Crippen molar-refractivity contribution >= 4 is 17.7 Å². The molecule has 0 unspecified atom stereocenters. The van der Waals surface area contributed by atoms with E-state index in [1.165, 1.54) is 4.90 Å². The van der Waals surface area contributed by atoms with Crippen LogP contribution in [0, 0.1) is 11.8 Å². The number of likely N-dealkylation sites (tertiary alicyclic amines) is 3. The van der Waals surface area contributed by atoms with Gasteiger partial charge in [-0.2, -0.15) is 0 Å². The van der Waals surface area contributed by atoms with Crippen LogP contribution in [0.4, 0.5) is 0 Å². The SMILES string of the molecule is COc1cccc(CN2C[C@@H]3C(=O)N(CCCN4CCCC4=O)C(=O)[C@@H]3C2)c1. The number of carbonyl (C=O) groups is 3. The highest BCUT2D eigenvalue weighted by atomic mass is 16.5. The van der Waals surface area contributed by atoms with Gasteiger partial charge in [0.1, 0.15) is 5.75 Å². The zero-order valence-corrected chi connectivity index (χ0v) is 16.3. The van der Waals surface area contributed by atoms with Crippen LogP contribution >= 0.6 is 0 Å². The molecule has 3 aliphatic heterocycles. The first kappa shape index (κ1) is 18.9. The third kappa shape index (κ3) is 3.63. The Hall–Kier alpha value is -2.41. The number of amides is 3. The molecular weight excluding hydrogens is 358 g/mol. The van der Waals surface area contributed by atoms with E-state index in [1.54, 1.807) is 7.11 Å². The summed E-state index contributed by atoms with van der Waals surface area (Å²) in [5.74, 6) is 0.445. The number of rotatable bonds is 7. The Labute approximate surface area is 165 Å². The minimum atomic E-state index is -0.230. The fraction of sp³-hybridized carbons (Fsp3) is 0.571. The monoisotopic (exact) mass is 385 g/mol. The molecule has 3 amide bonds. The van der Waals surface area contributed by atoms with Crippen molar-refractivity contribution in [1.29, 1.82) is 0 Å². The van der Waals surface area contributed by atoms with Crippen molar-refractivity contribution in [2.75, 3.05) is 39.8 Å². The summed E-state index contributed by atoms with van der Waals surface area (Å²) in [7, 11) is 1.64. The molecular formula is C21H27N3O4. The van der Waals surface area contributed by atoms with Crippen LogP contribution in [-0.2, 0) is 20.9 Å². The molecule has 150 valence electrons. The summed E-state index contributed by atoms with van der Waals surface area (Å²) in [6.07, 6.45) is 2.19. The number of fused-ring (bicyclic) bond motifs is 1. The molecule has 3 aliphatic rings. The molecule has 1 aromatic rings. The summed E-state index contributed by atoms with van der Waals surface area (Å²) in [4.78, 5) is 42.7. The van der Waals surface area contributed by atoms with E-state index in [0.717, 1.165) is 24.3 Å². The molecule has 28 heavy (non-hydrogen) atoms. The van der Waals surface area contributed by atoms with Crippen LogP contribution in [0.2, 0.25) is 0 Å². The molecule has 0 N–H and O–H groups in total. The molecule has 0 radical (unpaired) electrons. The van der Waals surface area contributed by atoms with Crippen molar-refractivity contribution in [3.8, 4) is 5.75 Å². The predicted octanol–water partition coefficient (Wildman–Crippen LogP) is 1.12. The van der Waals surface area contributed by atoms with Crippen LogP contribution in [0.1, 0.15) is 24.8 Å². The lowest BCUT2D eigenvalue weighted by Gasteiger charge is -2.22. The first-order valence-electron chi connectivity index (χ1n) is 10.0. The second kappa shape index (κ2) is 7.91. The van der Waals surface area contributed by atoms with Gasteiger partial charge < -0.3 is 9.64 Å². The molecule has 7 nitrogen and oxygen atoms in total. The normalized spacial score (nSPS) is 25.1. The second-order valence-electron chi connectivity index (χ2n) is 7.92. The lowest BCUT2D eigenvalue weighted by molar-refractivity contribution is -0.140. The van der Waals surface area contributed by atoms with Gasteiger partial charge >= 0.3 is 0 Å². The zero-order valence-electron chi connectivity index (χ0n) is 16.3. The van der Waals surface area contributed by atoms with Crippen molar-refractivity contribution in [2.24, 2.45) is 11.8 Å². The van der Waals surface area contributed by atoms with Crippen molar-refractivity contribution < 1.29 is 19.1 Å². The average molecular weight is 385 g/mol. The summed E-state index contributed by atoms with van der Waals surface area (Å²) in [6.45, 7) is 3.80. The topological polar surface area (TPSA) is 70.2 Å². The first-order valence-corrected chi connectivity index (χ1v) is 10.0. The quantitative estimate of drug-likeness (QED) is 0.658. The van der Waals surface area contributed by atoms with E-state index < -0.39 is 0 Å². The highest BCUT2D eigenvalue weighted by Gasteiger charge is 2.51. The number of ether oxygens (including phenoxy) is 1. The van der Waals surface area contributed by atoms with Gasteiger partial charge in [-0.3, -0.25) is 24.2 Å². The minimum Gasteiger partial charge on any atom is -0.497 e. The third-order valence-electron chi connectivity index (χ3n) is 6.08. The van der Waals surface area contributed by atoms with Gasteiger partial charge in [0.05, 0.1) is 18.9 Å². The highest BCUT2D eigenvalue weighted by molar-refractivity contribution is 6.05. The maximum absolute atomic E-state index is 12.8. The van der Waals surface area contributed by atoms with Gasteiger partial charge in [0.15, 0.2) is 0 Å². The van der Waals surface area contributed by atoms with Crippen LogP contribution in [0.5, 0.6) is 5.75 Å². The Bertz CT molecular complexity index is 757. The molecule has 0 bridgehead atoms. The Morgan fingerprint density at radius 1 is 1.07 bits per heavy atom. The van der Waals surface area contributed by atoms with E-state index in [2.05, 4.69) is 4.90 Å². The number of benzene rings is 1. The average Bonchev–Trinajstić information content (AvgIpc) is 3.35. The lowest BCUT2D eigenvalue weighted by Crippen LogP contribution is -2.38. The minimum absolute atomic E-state index is 0.0455. The number of methoxy groups -OCH3 is 1. The molecule has 0 saturated carbocycles. The molecule has 4 rings (SSSR count). The van der Waals surface area contributed by atoms with Crippen LogP contribution in [0.25, 0.3) is 0 Å². The maximum Gasteiger partial charge on any atom is 0.234 e. The summed E-state index contributed by atoms with van der Waals surface area (Å²) in [5.41, 5.74) is 1.12. The van der Waals surface area contributed by atoms with E-state index in [9.17, 15) is 14.4 Å². The second-order valence-corrected chi connectivity index (χ2v) is 7.92. The van der Waals surface area contributed by atoms with Crippen molar-refractivity contribution in [3.63, 3.8) is 0 Å². The molecule has 3 fully saturated rings. The van der Waals surface area contributed by atoms with Crippen LogP contribution in [0.15, 0.2) is 24.3 Å². The standard InChI is InChI=1S/C21H27N3O4/c1-28-16-6-2-5-15(11-16)12-22-13-17-18(14-22)21(27)24(20(17)26)10-4-9-23-8-3-7-19(23)25/h2,5-6,11,17-18H,3-4,7-10,12-14H2,1H3/t17-,18+. The van der Waals surface area contributed by atoms with E-state index in [-0.39, 0.29) is 29.6 Å². The Morgan fingerprint density at radius 3 is 2.46 bits per heavy atom. The Kier molecular flexibility index (Phi) is 5.35. The first-order chi connectivity index (χ1) is 13.6. The molecule has 1 aromatic carbocycles. The van der Waals surface area contributed by atoms with Crippen molar-refractivity contribution in [2.45, 2.75) is 25.8 Å². The Balaban J connectivity index is 1.30. The molecule has 2 atom stereocenters. The highest BCUT2D eigenvalue weighted by Crippen LogP contribution is 2.34. The predicted molar refractivity (Wildman–Crippen MR) is 102 cm³/mol. The summed E-state index contributed by atoms with van der Waals surface area (Å²) in [6, 6.07) is 7.88. The van der Waals surface area contributed by atoms with Crippen LogP contribution in [-0.4, -0.2) is 72.3 Å². The summed E-state index contributed by atoms with van der Waals surface area (Å²) in [5, 5.41) is 0. The van der Waals surface area contributed by atoms with E-state index in [1.807, 2.05) is 29.2 Å². The van der Waals surface area contributed by atoms with E-state index in [0.29, 0.717) is 45.6 Å². The smallest absolute Gasteiger partial charge is 0.234 e. The zero-order chi connectivity index (χ0) is 19.7. The number of imide groups is 1. The lowest BCUT2D eigenvalue weighted by atomic mass is 10.00. The van der Waals surface area contributed by atoms with Gasteiger partial charge in [0.25, 0.3) is 0 Å².